The van der Waals surface area contributed by atoms with E-state index in [1.807, 2.05) is 30.3 Å². The molecule has 0 saturated heterocycles. The van der Waals surface area contributed by atoms with Crippen LogP contribution in [0.2, 0.25) is 0 Å². The predicted molar refractivity (Wildman–Crippen MR) is 120 cm³/mol. The fourth-order valence-corrected chi connectivity index (χ4v) is 4.49. The van der Waals surface area contributed by atoms with Crippen LogP contribution in [0.15, 0.2) is 47.5 Å². The number of isothiocyanates is 1. The largest absolute Gasteiger partial charge is 0.206 e. The van der Waals surface area contributed by atoms with Crippen molar-refractivity contribution in [1.29, 1.82) is 0 Å². The van der Waals surface area contributed by atoms with E-state index in [1.165, 1.54) is 51.4 Å². The average molecular weight is 396 g/mol. The zero-order valence-electron chi connectivity index (χ0n) is 16.8. The van der Waals surface area contributed by atoms with Crippen LogP contribution in [0.1, 0.15) is 63.9 Å². The summed E-state index contributed by atoms with van der Waals surface area (Å²) in [6.45, 7) is 2.28. The number of aliphatic imine (C=N–C) groups is 1. The average Bonchev–Trinajstić information content (AvgIpc) is 2.72. The first-order valence-electron chi connectivity index (χ1n) is 10.7. The maximum absolute atomic E-state index is 14.7. The van der Waals surface area contributed by atoms with Gasteiger partial charge < -0.3 is 0 Å². The molecule has 0 amide bonds. The highest BCUT2D eigenvalue weighted by Crippen LogP contribution is 2.34. The lowest BCUT2D eigenvalue weighted by atomic mass is 9.78. The van der Waals surface area contributed by atoms with Gasteiger partial charge >= 0.3 is 0 Å². The third kappa shape index (κ3) is 5.83. The van der Waals surface area contributed by atoms with Crippen LogP contribution < -0.4 is 0 Å². The van der Waals surface area contributed by atoms with Gasteiger partial charge in [0.15, 0.2) is 0 Å². The molecule has 0 radical (unpaired) electrons. The molecule has 0 spiro atoms. The van der Waals surface area contributed by atoms with Crippen molar-refractivity contribution in [2.45, 2.75) is 64.7 Å². The highest BCUT2D eigenvalue weighted by Gasteiger charge is 2.20. The van der Waals surface area contributed by atoms with Crippen molar-refractivity contribution >= 4 is 23.1 Å². The Hall–Kier alpha value is -1.83. The van der Waals surface area contributed by atoms with Crippen molar-refractivity contribution in [3.05, 3.63) is 53.8 Å². The topological polar surface area (TPSA) is 12.4 Å². The van der Waals surface area contributed by atoms with Gasteiger partial charge in [-0.05, 0) is 66.2 Å². The van der Waals surface area contributed by atoms with Crippen LogP contribution in [0.3, 0.4) is 0 Å². The van der Waals surface area contributed by atoms with Gasteiger partial charge in [-0.2, -0.15) is 4.99 Å². The zero-order valence-corrected chi connectivity index (χ0v) is 17.6. The number of halogens is 1. The Balaban J connectivity index is 1.54. The van der Waals surface area contributed by atoms with Crippen molar-refractivity contribution in [2.24, 2.45) is 16.8 Å². The third-order valence-electron chi connectivity index (χ3n) is 6.16. The smallest absolute Gasteiger partial charge is 0.131 e. The summed E-state index contributed by atoms with van der Waals surface area (Å²) < 4.78 is 14.7. The van der Waals surface area contributed by atoms with Crippen LogP contribution in [-0.4, -0.2) is 5.16 Å². The second kappa shape index (κ2) is 10.6. The molecule has 0 bridgehead atoms. The van der Waals surface area contributed by atoms with E-state index in [9.17, 15) is 4.39 Å². The Morgan fingerprint density at radius 3 is 2.29 bits per heavy atom. The first-order chi connectivity index (χ1) is 13.7. The van der Waals surface area contributed by atoms with Crippen molar-refractivity contribution in [2.75, 3.05) is 0 Å². The molecule has 1 aliphatic carbocycles. The van der Waals surface area contributed by atoms with E-state index in [0.717, 1.165) is 35.1 Å². The molecule has 0 aromatic heterocycles. The molecule has 1 aliphatic rings. The minimum atomic E-state index is -0.146. The van der Waals surface area contributed by atoms with E-state index in [1.54, 1.807) is 6.07 Å². The lowest BCUT2D eigenvalue weighted by Crippen LogP contribution is -2.15. The Kier molecular flexibility index (Phi) is 7.94. The molecule has 1 saturated carbocycles. The van der Waals surface area contributed by atoms with Gasteiger partial charge in [-0.3, -0.25) is 0 Å². The van der Waals surface area contributed by atoms with Crippen molar-refractivity contribution < 1.29 is 4.39 Å². The Morgan fingerprint density at radius 2 is 1.68 bits per heavy atom. The van der Waals surface area contributed by atoms with Crippen LogP contribution in [-0.2, 0) is 6.42 Å². The normalized spacial score (nSPS) is 19.2. The summed E-state index contributed by atoms with van der Waals surface area (Å²) in [6.07, 6.45) is 11.7. The van der Waals surface area contributed by atoms with Gasteiger partial charge in [0.05, 0.1) is 10.8 Å². The zero-order chi connectivity index (χ0) is 19.8. The van der Waals surface area contributed by atoms with Crippen molar-refractivity contribution in [1.82, 2.24) is 0 Å². The van der Waals surface area contributed by atoms with E-state index in [4.69, 9.17) is 0 Å². The molecule has 0 aliphatic heterocycles. The second-order valence-electron chi connectivity index (χ2n) is 8.13. The van der Waals surface area contributed by atoms with Gasteiger partial charge in [0.25, 0.3) is 0 Å². The lowest BCUT2D eigenvalue weighted by molar-refractivity contribution is 0.250. The molecule has 0 heterocycles. The molecule has 3 rings (SSSR count). The van der Waals surface area contributed by atoms with Gasteiger partial charge in [0, 0.05) is 5.56 Å². The second-order valence-corrected chi connectivity index (χ2v) is 8.31. The van der Waals surface area contributed by atoms with E-state index in [-0.39, 0.29) is 5.82 Å². The summed E-state index contributed by atoms with van der Waals surface area (Å²) in [5, 5.41) is 2.35. The molecule has 3 heteroatoms. The molecule has 1 fully saturated rings. The Labute approximate surface area is 174 Å². The Bertz CT molecular complexity index is 800. The quantitative estimate of drug-likeness (QED) is 0.324. The number of aryl methyl sites for hydroxylation is 1. The lowest BCUT2D eigenvalue weighted by Gasteiger charge is -2.28. The number of hydrogen-bond acceptors (Lipinski definition) is 2. The van der Waals surface area contributed by atoms with Gasteiger partial charge in [-0.25, -0.2) is 4.39 Å². The fraction of sp³-hybridized carbons (Fsp3) is 0.480. The first-order valence-corrected chi connectivity index (χ1v) is 11.1. The predicted octanol–water partition coefficient (Wildman–Crippen LogP) is 8.16. The number of rotatable bonds is 8. The van der Waals surface area contributed by atoms with Crippen LogP contribution in [0, 0.1) is 17.7 Å². The molecule has 0 N–H and O–H groups in total. The fourth-order valence-electron chi connectivity index (χ4n) is 4.39. The molecular formula is C25H30FNS. The SMILES string of the molecule is CCCCC1CCC(CCc2ccc(-c3ccc(N=C=S)cc3)c(F)c2)CC1. The summed E-state index contributed by atoms with van der Waals surface area (Å²) in [6, 6.07) is 13.1. The van der Waals surface area contributed by atoms with E-state index in [0.29, 0.717) is 5.56 Å². The maximum Gasteiger partial charge on any atom is 0.131 e. The highest BCUT2D eigenvalue weighted by atomic mass is 32.1. The van der Waals surface area contributed by atoms with Gasteiger partial charge in [-0.1, -0.05) is 76.1 Å². The molecule has 1 nitrogen and oxygen atoms in total. The minimum absolute atomic E-state index is 0.146. The van der Waals surface area contributed by atoms with Crippen LogP contribution in [0.5, 0.6) is 0 Å². The number of unbranched alkanes of at least 4 members (excludes halogenated alkanes) is 1. The first kappa shape index (κ1) is 20.9. The van der Waals surface area contributed by atoms with Crippen LogP contribution in [0.25, 0.3) is 11.1 Å². The number of benzene rings is 2. The van der Waals surface area contributed by atoms with Gasteiger partial charge in [0.2, 0.25) is 0 Å². The van der Waals surface area contributed by atoms with E-state index >= 15 is 0 Å². The van der Waals surface area contributed by atoms with Crippen molar-refractivity contribution in [3.8, 4) is 11.1 Å². The monoisotopic (exact) mass is 395 g/mol. The van der Waals surface area contributed by atoms with E-state index < -0.39 is 0 Å². The highest BCUT2D eigenvalue weighted by molar-refractivity contribution is 7.78. The summed E-state index contributed by atoms with van der Waals surface area (Å²) in [5.41, 5.74) is 3.34. The molecule has 0 unspecified atom stereocenters. The number of thiocarbonyl (C=S) groups is 1. The van der Waals surface area contributed by atoms with Crippen LogP contribution in [0.4, 0.5) is 10.1 Å². The molecular weight excluding hydrogens is 365 g/mol. The summed E-state index contributed by atoms with van der Waals surface area (Å²) >= 11 is 4.61. The van der Waals surface area contributed by atoms with Crippen LogP contribution >= 0.6 is 12.2 Å². The minimum Gasteiger partial charge on any atom is -0.206 e. The molecule has 0 atom stereocenters. The summed E-state index contributed by atoms with van der Waals surface area (Å²) in [5.74, 6) is 1.62. The summed E-state index contributed by atoms with van der Waals surface area (Å²) in [4.78, 5) is 3.94. The number of nitrogens with zero attached hydrogens (tertiary/aromatic N) is 1. The third-order valence-corrected chi connectivity index (χ3v) is 6.25. The molecule has 28 heavy (non-hydrogen) atoms. The van der Waals surface area contributed by atoms with Gasteiger partial charge in [-0.15, -0.1) is 0 Å². The maximum atomic E-state index is 14.7. The van der Waals surface area contributed by atoms with Gasteiger partial charge in [0.1, 0.15) is 5.82 Å². The Morgan fingerprint density at radius 1 is 1.00 bits per heavy atom. The molecule has 2 aromatic carbocycles. The number of hydrogen-bond donors (Lipinski definition) is 0. The van der Waals surface area contributed by atoms with E-state index in [2.05, 4.69) is 35.4 Å². The summed E-state index contributed by atoms with van der Waals surface area (Å²) in [7, 11) is 0. The van der Waals surface area contributed by atoms with Crippen molar-refractivity contribution in [3.63, 3.8) is 0 Å². The molecule has 148 valence electrons. The molecule has 2 aromatic rings. The standard InChI is InChI=1S/C25H30FNS/c1-2-3-4-19-5-7-20(8-6-19)9-10-21-11-16-24(25(26)17-21)22-12-14-23(15-13-22)27-18-28/h11-17,19-20H,2-10H2,1H3.